The molecule has 1 aliphatic carbocycles. The SMILES string of the molecule is CN(C(=O)c1cc2c(s1)CCOC2)[C@@H]1[C@@H]2CCO[C@@H]2C1(C)C. The van der Waals surface area contributed by atoms with E-state index in [4.69, 9.17) is 9.47 Å². The number of hydrogen-bond acceptors (Lipinski definition) is 4. The van der Waals surface area contributed by atoms with Gasteiger partial charge in [-0.2, -0.15) is 0 Å². The number of ether oxygens (including phenoxy) is 2. The van der Waals surface area contributed by atoms with Crippen LogP contribution in [0.4, 0.5) is 0 Å². The van der Waals surface area contributed by atoms with Gasteiger partial charge in [0.25, 0.3) is 5.91 Å². The van der Waals surface area contributed by atoms with E-state index in [1.165, 1.54) is 10.4 Å². The second-order valence-corrected chi connectivity index (χ2v) is 8.42. The molecule has 3 heterocycles. The molecule has 4 rings (SSSR count). The summed E-state index contributed by atoms with van der Waals surface area (Å²) in [6.07, 6.45) is 2.33. The lowest BCUT2D eigenvalue weighted by Gasteiger charge is -2.57. The predicted octanol–water partition coefficient (Wildman–Crippen LogP) is 2.71. The number of hydrogen-bond donors (Lipinski definition) is 0. The molecule has 0 radical (unpaired) electrons. The lowest BCUT2D eigenvalue weighted by molar-refractivity contribution is -0.139. The summed E-state index contributed by atoms with van der Waals surface area (Å²) >= 11 is 1.65. The summed E-state index contributed by atoms with van der Waals surface area (Å²) in [5, 5.41) is 0. The van der Waals surface area contributed by atoms with Gasteiger partial charge in [0.1, 0.15) is 0 Å². The molecule has 0 aromatic carbocycles. The van der Waals surface area contributed by atoms with Gasteiger partial charge in [-0.1, -0.05) is 13.8 Å². The van der Waals surface area contributed by atoms with Gasteiger partial charge in [-0.3, -0.25) is 4.79 Å². The van der Waals surface area contributed by atoms with E-state index in [0.717, 1.165) is 30.9 Å². The summed E-state index contributed by atoms with van der Waals surface area (Å²) in [7, 11) is 1.96. The average Bonchev–Trinajstić information content (AvgIpc) is 3.10. The number of fused-ring (bicyclic) bond motifs is 2. The van der Waals surface area contributed by atoms with Crippen molar-refractivity contribution < 1.29 is 14.3 Å². The fourth-order valence-electron chi connectivity index (χ4n) is 4.64. The summed E-state index contributed by atoms with van der Waals surface area (Å²) in [5.74, 6) is 0.657. The lowest BCUT2D eigenvalue weighted by Crippen LogP contribution is -2.66. The fraction of sp³-hybridized carbons (Fsp3) is 0.706. The van der Waals surface area contributed by atoms with Crippen molar-refractivity contribution in [3.63, 3.8) is 0 Å². The van der Waals surface area contributed by atoms with Crippen LogP contribution in [0.2, 0.25) is 0 Å². The molecular formula is C17H23NO3S. The van der Waals surface area contributed by atoms with E-state index in [1.807, 2.05) is 18.0 Å². The third-order valence-corrected chi connectivity index (χ3v) is 6.84. The maximum atomic E-state index is 12.9. The highest BCUT2D eigenvalue weighted by molar-refractivity contribution is 7.14. The molecule has 0 bridgehead atoms. The first-order valence-corrected chi connectivity index (χ1v) is 8.90. The highest BCUT2D eigenvalue weighted by Crippen LogP contribution is 2.54. The van der Waals surface area contributed by atoms with Crippen molar-refractivity contribution in [2.24, 2.45) is 11.3 Å². The number of nitrogens with zero attached hydrogens (tertiary/aromatic N) is 1. The van der Waals surface area contributed by atoms with Crippen LogP contribution in [0.5, 0.6) is 0 Å². The summed E-state index contributed by atoms with van der Waals surface area (Å²) in [6.45, 7) is 6.70. The second kappa shape index (κ2) is 5.05. The molecule has 0 spiro atoms. The first-order valence-electron chi connectivity index (χ1n) is 8.08. The normalized spacial score (nSPS) is 32.0. The zero-order valence-electron chi connectivity index (χ0n) is 13.4. The molecule has 2 aliphatic heterocycles. The molecule has 2 fully saturated rings. The van der Waals surface area contributed by atoms with Gasteiger partial charge in [-0.25, -0.2) is 0 Å². The van der Waals surface area contributed by atoms with Crippen molar-refractivity contribution in [1.82, 2.24) is 4.90 Å². The largest absolute Gasteiger partial charge is 0.377 e. The highest BCUT2D eigenvalue weighted by atomic mass is 32.1. The van der Waals surface area contributed by atoms with E-state index < -0.39 is 0 Å². The molecule has 0 N–H and O–H groups in total. The highest BCUT2D eigenvalue weighted by Gasteiger charge is 2.61. The molecule has 22 heavy (non-hydrogen) atoms. The van der Waals surface area contributed by atoms with Crippen LogP contribution in [-0.2, 0) is 22.5 Å². The van der Waals surface area contributed by atoms with Crippen molar-refractivity contribution in [2.75, 3.05) is 20.3 Å². The van der Waals surface area contributed by atoms with Crippen LogP contribution in [0, 0.1) is 11.3 Å². The summed E-state index contributed by atoms with van der Waals surface area (Å²) in [4.78, 5) is 17.1. The maximum absolute atomic E-state index is 12.9. The van der Waals surface area contributed by atoms with Gasteiger partial charge in [0.05, 0.1) is 24.2 Å². The maximum Gasteiger partial charge on any atom is 0.263 e. The molecule has 1 aromatic heterocycles. The molecule has 1 saturated heterocycles. The Hall–Kier alpha value is -0.910. The lowest BCUT2D eigenvalue weighted by atomic mass is 9.57. The zero-order chi connectivity index (χ0) is 15.5. The predicted molar refractivity (Wildman–Crippen MR) is 85.2 cm³/mol. The van der Waals surface area contributed by atoms with Crippen LogP contribution in [0.3, 0.4) is 0 Å². The summed E-state index contributed by atoms with van der Waals surface area (Å²) in [5.41, 5.74) is 1.24. The monoisotopic (exact) mass is 321 g/mol. The first-order chi connectivity index (χ1) is 10.5. The quantitative estimate of drug-likeness (QED) is 0.841. The van der Waals surface area contributed by atoms with Gasteiger partial charge >= 0.3 is 0 Å². The summed E-state index contributed by atoms with van der Waals surface area (Å²) < 4.78 is 11.3. The Kier molecular flexibility index (Phi) is 3.36. The van der Waals surface area contributed by atoms with E-state index in [9.17, 15) is 4.79 Å². The third-order valence-electron chi connectivity index (χ3n) is 5.61. The Balaban J connectivity index is 1.56. The van der Waals surface area contributed by atoms with Crippen molar-refractivity contribution in [3.8, 4) is 0 Å². The van der Waals surface area contributed by atoms with Crippen molar-refractivity contribution in [2.45, 2.75) is 45.4 Å². The molecule has 5 heteroatoms. The molecule has 1 aromatic rings. The van der Waals surface area contributed by atoms with E-state index >= 15 is 0 Å². The number of carbonyl (C=O) groups excluding carboxylic acids is 1. The van der Waals surface area contributed by atoms with Gasteiger partial charge in [-0.05, 0) is 18.1 Å². The minimum absolute atomic E-state index is 0.0472. The van der Waals surface area contributed by atoms with Crippen LogP contribution in [0.25, 0.3) is 0 Å². The molecule has 120 valence electrons. The molecule has 1 amide bonds. The first kappa shape index (κ1) is 14.7. The Bertz CT molecular complexity index is 586. The van der Waals surface area contributed by atoms with Gasteiger partial charge < -0.3 is 14.4 Å². The van der Waals surface area contributed by atoms with Gasteiger partial charge in [0, 0.05) is 42.3 Å². The standard InChI is InChI=1S/C17H23NO3S/c1-17(2)14(11-4-7-21-15(11)17)18(3)16(19)13-8-10-9-20-6-5-12(10)22-13/h8,11,14-15H,4-7,9H2,1-3H3/t11-,14+,15-/m0/s1. The second-order valence-electron chi connectivity index (χ2n) is 7.29. The average molecular weight is 321 g/mol. The number of rotatable bonds is 2. The van der Waals surface area contributed by atoms with Crippen LogP contribution < -0.4 is 0 Å². The number of carbonyl (C=O) groups is 1. The van der Waals surface area contributed by atoms with Crippen LogP contribution >= 0.6 is 11.3 Å². The van der Waals surface area contributed by atoms with Crippen LogP contribution in [-0.4, -0.2) is 43.2 Å². The molecule has 0 unspecified atom stereocenters. The van der Waals surface area contributed by atoms with Crippen LogP contribution in [0.1, 0.15) is 40.4 Å². The molecule has 3 atom stereocenters. The zero-order valence-corrected chi connectivity index (χ0v) is 14.2. The van der Waals surface area contributed by atoms with Crippen LogP contribution in [0.15, 0.2) is 6.07 Å². The minimum atomic E-state index is 0.0472. The van der Waals surface area contributed by atoms with E-state index in [1.54, 1.807) is 11.3 Å². The Labute approximate surface area is 135 Å². The Morgan fingerprint density at radius 1 is 1.41 bits per heavy atom. The van der Waals surface area contributed by atoms with Crippen molar-refractivity contribution in [3.05, 3.63) is 21.4 Å². The third kappa shape index (κ3) is 1.99. The smallest absolute Gasteiger partial charge is 0.263 e. The molecule has 1 saturated carbocycles. The van der Waals surface area contributed by atoms with E-state index in [-0.39, 0.29) is 17.4 Å². The topological polar surface area (TPSA) is 38.8 Å². The Morgan fingerprint density at radius 3 is 3.00 bits per heavy atom. The summed E-state index contributed by atoms with van der Waals surface area (Å²) in [6, 6.07) is 2.31. The van der Waals surface area contributed by atoms with Crippen molar-refractivity contribution >= 4 is 17.2 Å². The molecule has 3 aliphatic rings. The number of thiophene rings is 1. The van der Waals surface area contributed by atoms with Gasteiger partial charge in [-0.15, -0.1) is 11.3 Å². The number of amides is 1. The van der Waals surface area contributed by atoms with E-state index in [0.29, 0.717) is 18.6 Å². The van der Waals surface area contributed by atoms with Gasteiger partial charge in [0.2, 0.25) is 0 Å². The van der Waals surface area contributed by atoms with Crippen molar-refractivity contribution in [1.29, 1.82) is 0 Å². The molecule has 4 nitrogen and oxygen atoms in total. The molecular weight excluding hydrogens is 298 g/mol. The fourth-order valence-corrected chi connectivity index (χ4v) is 5.77. The van der Waals surface area contributed by atoms with Gasteiger partial charge in [0.15, 0.2) is 0 Å². The Morgan fingerprint density at radius 2 is 2.23 bits per heavy atom. The minimum Gasteiger partial charge on any atom is -0.377 e. The van der Waals surface area contributed by atoms with E-state index in [2.05, 4.69) is 13.8 Å².